The second kappa shape index (κ2) is 7.38. The molecule has 0 aromatic carbocycles. The Hall–Kier alpha value is -0.920. The summed E-state index contributed by atoms with van der Waals surface area (Å²) in [7, 11) is 1.30. The van der Waals surface area contributed by atoms with E-state index in [-0.39, 0.29) is 18.9 Å². The van der Waals surface area contributed by atoms with Crippen LogP contribution in [0, 0.1) is 0 Å². The summed E-state index contributed by atoms with van der Waals surface area (Å²) in [4.78, 5) is 26.5. The Morgan fingerprint density at radius 3 is 2.90 bits per heavy atom. The van der Waals surface area contributed by atoms with Crippen LogP contribution in [0.4, 0.5) is 0 Å². The third kappa shape index (κ3) is 4.28. The van der Waals surface area contributed by atoms with Crippen molar-refractivity contribution in [3.8, 4) is 0 Å². The molecule has 1 aliphatic heterocycles. The minimum atomic E-state index is -0.647. The molecule has 5 nitrogen and oxygen atoms in total. The van der Waals surface area contributed by atoms with Crippen LogP contribution < -0.4 is 0 Å². The first kappa shape index (κ1) is 16.5. The fourth-order valence-electron chi connectivity index (χ4n) is 2.49. The molecule has 1 aliphatic rings. The number of hydrogen-bond donors (Lipinski definition) is 1. The van der Waals surface area contributed by atoms with Gasteiger partial charge in [-0.1, -0.05) is 0 Å². The van der Waals surface area contributed by atoms with Gasteiger partial charge in [-0.2, -0.15) is 0 Å². The molecule has 2 atom stereocenters. The highest BCUT2D eigenvalue weighted by Gasteiger charge is 2.39. The highest BCUT2D eigenvalue weighted by Crippen LogP contribution is 2.24. The number of likely N-dealkylation sites (tertiary alicyclic amines) is 1. The van der Waals surface area contributed by atoms with E-state index in [1.54, 1.807) is 11.3 Å². The number of hydrogen-bond acceptors (Lipinski definition) is 5. The summed E-state index contributed by atoms with van der Waals surface area (Å²) in [5.41, 5.74) is 0. The van der Waals surface area contributed by atoms with Crippen LogP contribution in [-0.4, -0.2) is 47.7 Å². The maximum atomic E-state index is 12.2. The number of thiophene rings is 1. The van der Waals surface area contributed by atoms with E-state index in [1.807, 2.05) is 12.1 Å². The van der Waals surface area contributed by atoms with Crippen LogP contribution in [0.2, 0.25) is 0 Å². The lowest BCUT2D eigenvalue weighted by Gasteiger charge is -2.22. The molecule has 0 radical (unpaired) electrons. The van der Waals surface area contributed by atoms with Crippen molar-refractivity contribution in [2.24, 2.45) is 0 Å². The maximum Gasteiger partial charge on any atom is 0.328 e. The highest BCUT2D eigenvalue weighted by molar-refractivity contribution is 9.11. The highest BCUT2D eigenvalue weighted by atomic mass is 79.9. The molecular formula is C14H18BrNO4S. The van der Waals surface area contributed by atoms with Gasteiger partial charge in [0.05, 0.1) is 17.0 Å². The molecule has 1 amide bonds. The molecule has 0 spiro atoms. The quantitative estimate of drug-likeness (QED) is 0.798. The number of esters is 1. The molecule has 1 aromatic rings. The molecule has 0 aliphatic carbocycles. The molecule has 21 heavy (non-hydrogen) atoms. The van der Waals surface area contributed by atoms with Crippen molar-refractivity contribution in [3.63, 3.8) is 0 Å². The molecule has 1 aromatic heterocycles. The zero-order valence-electron chi connectivity index (χ0n) is 11.8. The molecule has 1 saturated heterocycles. The first-order valence-electron chi connectivity index (χ1n) is 6.81. The Bertz CT molecular complexity index is 519. The van der Waals surface area contributed by atoms with Crippen LogP contribution in [0.15, 0.2) is 15.9 Å². The first-order chi connectivity index (χ1) is 10.0. The number of amides is 1. The number of aliphatic hydroxyl groups excluding tert-OH is 1. The predicted octanol–water partition coefficient (Wildman–Crippen LogP) is 1.97. The Kier molecular flexibility index (Phi) is 5.78. The standard InChI is InChI=1S/C14H18BrNO4S/c1-20-14(19)11-7-9(17)8-16(11)13(18)4-2-3-10-5-6-12(15)21-10/h5-6,9,11,17H,2-4,7-8H2,1H3. The van der Waals surface area contributed by atoms with Gasteiger partial charge in [-0.15, -0.1) is 11.3 Å². The maximum absolute atomic E-state index is 12.2. The van der Waals surface area contributed by atoms with Crippen LogP contribution in [0.3, 0.4) is 0 Å². The van der Waals surface area contributed by atoms with Crippen molar-refractivity contribution in [3.05, 3.63) is 20.8 Å². The van der Waals surface area contributed by atoms with Gasteiger partial charge in [-0.25, -0.2) is 4.79 Å². The fraction of sp³-hybridized carbons (Fsp3) is 0.571. The Labute approximate surface area is 136 Å². The number of carbonyl (C=O) groups excluding carboxylic acids is 2. The monoisotopic (exact) mass is 375 g/mol. The van der Waals surface area contributed by atoms with Gasteiger partial charge in [0.15, 0.2) is 0 Å². The summed E-state index contributed by atoms with van der Waals surface area (Å²) in [6, 6.07) is 3.38. The van der Waals surface area contributed by atoms with Crippen molar-refractivity contribution in [2.75, 3.05) is 13.7 Å². The van der Waals surface area contributed by atoms with Crippen LogP contribution in [-0.2, 0) is 20.7 Å². The van der Waals surface area contributed by atoms with Gasteiger partial charge in [-0.05, 0) is 40.9 Å². The summed E-state index contributed by atoms with van der Waals surface area (Å²) in [6.07, 6.45) is 1.55. The summed E-state index contributed by atoms with van der Waals surface area (Å²) in [5.74, 6) is -0.556. The molecule has 7 heteroatoms. The molecule has 2 unspecified atom stereocenters. The second-order valence-corrected chi connectivity index (χ2v) is 7.58. The van der Waals surface area contributed by atoms with Crippen LogP contribution in [0.1, 0.15) is 24.1 Å². The normalized spacial score (nSPS) is 21.6. The number of nitrogens with zero attached hydrogens (tertiary/aromatic N) is 1. The Balaban J connectivity index is 1.85. The number of β-amino-alcohol motifs (C(OH)–C–C–N with tert-alkyl or cyclic N) is 1. The summed E-state index contributed by atoms with van der Waals surface area (Å²) in [6.45, 7) is 0.211. The van der Waals surface area contributed by atoms with Gasteiger partial charge < -0.3 is 14.7 Å². The zero-order chi connectivity index (χ0) is 15.4. The molecule has 0 saturated carbocycles. The fourth-order valence-corrected chi connectivity index (χ4v) is 4.02. The lowest BCUT2D eigenvalue weighted by atomic mass is 10.1. The largest absolute Gasteiger partial charge is 0.467 e. The topological polar surface area (TPSA) is 66.8 Å². The third-order valence-electron chi connectivity index (χ3n) is 3.52. The van der Waals surface area contributed by atoms with Crippen molar-refractivity contribution in [2.45, 2.75) is 37.8 Å². The smallest absolute Gasteiger partial charge is 0.328 e. The molecular weight excluding hydrogens is 358 g/mol. The lowest BCUT2D eigenvalue weighted by molar-refractivity contribution is -0.151. The molecule has 2 heterocycles. The number of ether oxygens (including phenoxy) is 1. The van der Waals surface area contributed by atoms with Gasteiger partial charge >= 0.3 is 5.97 Å². The second-order valence-electron chi connectivity index (χ2n) is 5.03. The molecule has 2 rings (SSSR count). The zero-order valence-corrected chi connectivity index (χ0v) is 14.2. The summed E-state index contributed by atoms with van der Waals surface area (Å²) in [5, 5.41) is 9.66. The first-order valence-corrected chi connectivity index (χ1v) is 8.41. The van der Waals surface area contributed by atoms with Crippen molar-refractivity contribution in [1.29, 1.82) is 0 Å². The van der Waals surface area contributed by atoms with Crippen molar-refractivity contribution >= 4 is 39.1 Å². The van der Waals surface area contributed by atoms with E-state index in [4.69, 9.17) is 4.74 Å². The van der Waals surface area contributed by atoms with Gasteiger partial charge in [-0.3, -0.25) is 4.79 Å². The van der Waals surface area contributed by atoms with E-state index >= 15 is 0 Å². The lowest BCUT2D eigenvalue weighted by Crippen LogP contribution is -2.41. The van der Waals surface area contributed by atoms with Gasteiger partial charge in [0, 0.05) is 24.3 Å². The predicted molar refractivity (Wildman–Crippen MR) is 83.1 cm³/mol. The van der Waals surface area contributed by atoms with Crippen LogP contribution in [0.25, 0.3) is 0 Å². The van der Waals surface area contributed by atoms with E-state index in [9.17, 15) is 14.7 Å². The van der Waals surface area contributed by atoms with Gasteiger partial charge in [0.25, 0.3) is 0 Å². The molecule has 1 N–H and O–H groups in total. The van der Waals surface area contributed by atoms with E-state index < -0.39 is 18.1 Å². The van der Waals surface area contributed by atoms with E-state index in [2.05, 4.69) is 15.9 Å². The molecule has 1 fully saturated rings. The number of rotatable bonds is 5. The summed E-state index contributed by atoms with van der Waals surface area (Å²) < 4.78 is 5.77. The van der Waals surface area contributed by atoms with E-state index in [0.29, 0.717) is 6.42 Å². The average molecular weight is 376 g/mol. The van der Waals surface area contributed by atoms with E-state index in [1.165, 1.54) is 16.9 Å². The van der Waals surface area contributed by atoms with Crippen molar-refractivity contribution < 1.29 is 19.4 Å². The van der Waals surface area contributed by atoms with Gasteiger partial charge in [0.1, 0.15) is 6.04 Å². The van der Waals surface area contributed by atoms with Crippen LogP contribution >= 0.6 is 27.3 Å². The third-order valence-corrected chi connectivity index (χ3v) is 5.20. The minimum Gasteiger partial charge on any atom is -0.467 e. The SMILES string of the molecule is COC(=O)C1CC(O)CN1C(=O)CCCc1ccc(Br)s1. The number of aryl methyl sites for hydroxylation is 1. The molecule has 116 valence electrons. The molecule has 0 bridgehead atoms. The minimum absolute atomic E-state index is 0.0995. The number of halogens is 1. The Morgan fingerprint density at radius 1 is 1.52 bits per heavy atom. The number of aliphatic hydroxyl groups is 1. The summed E-state index contributed by atoms with van der Waals surface area (Å²) >= 11 is 5.07. The Morgan fingerprint density at radius 2 is 2.29 bits per heavy atom. The van der Waals surface area contributed by atoms with Crippen LogP contribution in [0.5, 0.6) is 0 Å². The van der Waals surface area contributed by atoms with E-state index in [0.717, 1.165) is 16.6 Å². The van der Waals surface area contributed by atoms with Gasteiger partial charge in [0.2, 0.25) is 5.91 Å². The number of methoxy groups -OCH3 is 1. The number of carbonyl (C=O) groups is 2. The van der Waals surface area contributed by atoms with Crippen molar-refractivity contribution in [1.82, 2.24) is 4.90 Å². The average Bonchev–Trinajstić information content (AvgIpc) is 3.04.